The van der Waals surface area contributed by atoms with Crippen LogP contribution in [0.15, 0.2) is 42.5 Å². The monoisotopic (exact) mass is 473 g/mol. The van der Waals surface area contributed by atoms with Crippen molar-refractivity contribution in [2.24, 2.45) is 0 Å². The number of rotatable bonds is 12. The van der Waals surface area contributed by atoms with Gasteiger partial charge in [-0.2, -0.15) is 0 Å². The Morgan fingerprint density at radius 1 is 1.06 bits per heavy atom. The van der Waals surface area contributed by atoms with E-state index < -0.39 is 16.9 Å². The van der Waals surface area contributed by atoms with Gasteiger partial charge in [0.1, 0.15) is 17.5 Å². The van der Waals surface area contributed by atoms with Crippen molar-refractivity contribution in [1.82, 2.24) is 10.2 Å². The highest BCUT2D eigenvalue weighted by Gasteiger charge is 2.29. The molecule has 1 N–H and O–H groups in total. The van der Waals surface area contributed by atoms with Crippen molar-refractivity contribution in [3.8, 4) is 17.2 Å². The third-order valence-electron chi connectivity index (χ3n) is 5.04. The summed E-state index contributed by atoms with van der Waals surface area (Å²) in [6.07, 6.45) is 0.409. The summed E-state index contributed by atoms with van der Waals surface area (Å²) in [5, 5.41) is 14.0. The van der Waals surface area contributed by atoms with E-state index in [0.717, 1.165) is 5.56 Å². The maximum absolute atomic E-state index is 13.2. The molecule has 0 heterocycles. The first-order valence-corrected chi connectivity index (χ1v) is 10.9. The lowest BCUT2D eigenvalue weighted by molar-refractivity contribution is -0.385. The minimum atomic E-state index is -0.702. The van der Waals surface area contributed by atoms with E-state index in [1.54, 1.807) is 19.2 Å². The molecule has 0 spiro atoms. The van der Waals surface area contributed by atoms with E-state index in [9.17, 15) is 19.7 Å². The molecule has 2 amide bonds. The third-order valence-corrected chi connectivity index (χ3v) is 5.04. The van der Waals surface area contributed by atoms with E-state index in [0.29, 0.717) is 12.2 Å². The fourth-order valence-electron chi connectivity index (χ4n) is 3.35. The number of nitrogens with zero attached hydrogens (tertiary/aromatic N) is 2. The van der Waals surface area contributed by atoms with Crippen LogP contribution in [-0.4, -0.2) is 54.5 Å². The zero-order chi connectivity index (χ0) is 25.3. The molecule has 10 heteroatoms. The van der Waals surface area contributed by atoms with Crippen LogP contribution in [0.3, 0.4) is 0 Å². The van der Waals surface area contributed by atoms with E-state index in [2.05, 4.69) is 5.32 Å². The van der Waals surface area contributed by atoms with Crippen molar-refractivity contribution < 1.29 is 28.7 Å². The highest BCUT2D eigenvalue weighted by atomic mass is 16.6. The van der Waals surface area contributed by atoms with Crippen LogP contribution < -0.4 is 19.5 Å². The number of nitro benzene ring substituents is 1. The van der Waals surface area contributed by atoms with Gasteiger partial charge >= 0.3 is 5.69 Å². The summed E-state index contributed by atoms with van der Waals surface area (Å²) in [7, 11) is 2.88. The Morgan fingerprint density at radius 3 is 2.24 bits per heavy atom. The maximum Gasteiger partial charge on any atom is 0.311 e. The fraction of sp³-hybridized carbons (Fsp3) is 0.417. The van der Waals surface area contributed by atoms with Crippen LogP contribution in [-0.2, 0) is 16.1 Å². The van der Waals surface area contributed by atoms with Gasteiger partial charge in [0, 0.05) is 24.7 Å². The van der Waals surface area contributed by atoms with E-state index in [1.165, 1.54) is 30.2 Å². The molecule has 2 aromatic rings. The number of benzene rings is 2. The zero-order valence-electron chi connectivity index (χ0n) is 20.1. The minimum absolute atomic E-state index is 0.0211. The Bertz CT molecular complexity index is 993. The van der Waals surface area contributed by atoms with Crippen molar-refractivity contribution in [3.05, 3.63) is 58.1 Å². The number of hydrogen-bond donors (Lipinski definition) is 1. The summed E-state index contributed by atoms with van der Waals surface area (Å²) in [5.74, 6) is 0.282. The quantitative estimate of drug-likeness (QED) is 0.371. The highest BCUT2D eigenvalue weighted by molar-refractivity contribution is 5.88. The Hall–Kier alpha value is -3.82. The molecule has 0 aromatic heterocycles. The lowest BCUT2D eigenvalue weighted by atomic mass is 10.1. The van der Waals surface area contributed by atoms with Gasteiger partial charge in [-0.3, -0.25) is 19.7 Å². The van der Waals surface area contributed by atoms with Gasteiger partial charge in [-0.25, -0.2) is 0 Å². The lowest BCUT2D eigenvalue weighted by Crippen LogP contribution is -2.51. The Labute approximate surface area is 198 Å². The van der Waals surface area contributed by atoms with Gasteiger partial charge in [0.2, 0.25) is 11.7 Å². The summed E-state index contributed by atoms with van der Waals surface area (Å²) in [4.78, 5) is 38.1. The molecule has 0 saturated heterocycles. The molecule has 0 aliphatic carbocycles. The van der Waals surface area contributed by atoms with E-state index in [4.69, 9.17) is 14.2 Å². The normalized spacial score (nSPS) is 11.5. The van der Waals surface area contributed by atoms with Crippen LogP contribution in [0.4, 0.5) is 5.69 Å². The molecule has 0 saturated carbocycles. The van der Waals surface area contributed by atoms with E-state index in [1.807, 2.05) is 32.9 Å². The molecule has 2 aromatic carbocycles. The third kappa shape index (κ3) is 7.09. The van der Waals surface area contributed by atoms with Crippen molar-refractivity contribution in [1.29, 1.82) is 0 Å². The highest BCUT2D eigenvalue weighted by Crippen LogP contribution is 2.30. The summed E-state index contributed by atoms with van der Waals surface area (Å²) < 4.78 is 15.8. The standard InChI is InChI=1S/C24H31N3O7/c1-6-20(24(29)25-16(2)3)26(14-17-7-9-18(32-4)10-8-17)23(28)15-34-19-11-12-21(27(30)31)22(13-19)33-5/h7-13,16,20H,6,14-15H2,1-5H3,(H,25,29)/t20-/m0/s1. The molecule has 0 fully saturated rings. The van der Waals surface area contributed by atoms with Gasteiger partial charge < -0.3 is 24.4 Å². The molecular formula is C24H31N3O7. The number of carbonyl (C=O) groups excluding carboxylic acids is 2. The van der Waals surface area contributed by atoms with Crippen molar-refractivity contribution in [2.45, 2.75) is 45.8 Å². The number of hydrogen-bond acceptors (Lipinski definition) is 7. The maximum atomic E-state index is 13.2. The van der Waals surface area contributed by atoms with E-state index >= 15 is 0 Å². The first-order chi connectivity index (χ1) is 16.2. The second-order valence-electron chi connectivity index (χ2n) is 7.84. The predicted octanol–water partition coefficient (Wildman–Crippen LogP) is 3.32. The molecule has 0 bridgehead atoms. The van der Waals surface area contributed by atoms with Gasteiger partial charge in [0.15, 0.2) is 6.61 Å². The molecule has 2 rings (SSSR count). The topological polar surface area (TPSA) is 120 Å². The summed E-state index contributed by atoms with van der Waals surface area (Å²) >= 11 is 0. The zero-order valence-corrected chi connectivity index (χ0v) is 20.1. The van der Waals surface area contributed by atoms with Crippen molar-refractivity contribution >= 4 is 17.5 Å². The molecule has 0 aliphatic heterocycles. The summed E-state index contributed by atoms with van der Waals surface area (Å²) in [5.41, 5.74) is 0.612. The Morgan fingerprint density at radius 2 is 1.71 bits per heavy atom. The largest absolute Gasteiger partial charge is 0.497 e. The average Bonchev–Trinajstić information content (AvgIpc) is 2.81. The number of carbonyl (C=O) groups is 2. The first kappa shape index (κ1) is 26.4. The van der Waals surface area contributed by atoms with Crippen LogP contribution in [0, 0.1) is 10.1 Å². The van der Waals surface area contributed by atoms with Crippen molar-refractivity contribution in [2.75, 3.05) is 20.8 Å². The van der Waals surface area contributed by atoms with Gasteiger partial charge in [-0.05, 0) is 44.0 Å². The van der Waals surface area contributed by atoms with Crippen LogP contribution in [0.25, 0.3) is 0 Å². The van der Waals surface area contributed by atoms with Crippen LogP contribution in [0.1, 0.15) is 32.8 Å². The predicted molar refractivity (Wildman–Crippen MR) is 126 cm³/mol. The smallest absolute Gasteiger partial charge is 0.311 e. The van der Waals surface area contributed by atoms with E-state index in [-0.39, 0.29) is 42.3 Å². The number of amides is 2. The Kier molecular flexibility index (Phi) is 9.66. The average molecular weight is 474 g/mol. The second kappa shape index (κ2) is 12.4. The van der Waals surface area contributed by atoms with Crippen LogP contribution in [0.2, 0.25) is 0 Å². The minimum Gasteiger partial charge on any atom is -0.497 e. The second-order valence-corrected chi connectivity index (χ2v) is 7.84. The Balaban J connectivity index is 2.24. The van der Waals surface area contributed by atoms with Crippen LogP contribution in [0.5, 0.6) is 17.2 Å². The molecular weight excluding hydrogens is 442 g/mol. The fourth-order valence-corrected chi connectivity index (χ4v) is 3.35. The van der Waals surface area contributed by atoms with Gasteiger partial charge in [0.05, 0.1) is 19.1 Å². The van der Waals surface area contributed by atoms with Crippen molar-refractivity contribution in [3.63, 3.8) is 0 Å². The SMILES string of the molecule is CC[C@@H](C(=O)NC(C)C)N(Cc1ccc(OC)cc1)C(=O)COc1ccc([N+](=O)[O-])c(OC)c1. The number of ether oxygens (including phenoxy) is 3. The molecule has 34 heavy (non-hydrogen) atoms. The molecule has 184 valence electrons. The molecule has 0 aliphatic rings. The summed E-state index contributed by atoms with van der Waals surface area (Å²) in [6, 6.07) is 10.4. The van der Waals surface area contributed by atoms with Crippen LogP contribution >= 0.6 is 0 Å². The van der Waals surface area contributed by atoms with Gasteiger partial charge in [0.25, 0.3) is 5.91 Å². The summed E-state index contributed by atoms with van der Waals surface area (Å²) in [6.45, 7) is 5.37. The number of methoxy groups -OCH3 is 2. The molecule has 0 unspecified atom stereocenters. The molecule has 1 atom stereocenters. The van der Waals surface area contributed by atoms with Gasteiger partial charge in [-0.15, -0.1) is 0 Å². The lowest BCUT2D eigenvalue weighted by Gasteiger charge is -2.31. The number of nitrogens with one attached hydrogen (secondary N) is 1. The molecule has 10 nitrogen and oxygen atoms in total. The number of nitro groups is 1. The van der Waals surface area contributed by atoms with Gasteiger partial charge in [-0.1, -0.05) is 19.1 Å². The molecule has 0 radical (unpaired) electrons. The first-order valence-electron chi connectivity index (χ1n) is 10.9.